The summed E-state index contributed by atoms with van der Waals surface area (Å²) in [5, 5.41) is 12.9. The van der Waals surface area contributed by atoms with Crippen LogP contribution in [0.25, 0.3) is 0 Å². The third-order valence-electron chi connectivity index (χ3n) is 4.10. The number of piperidine rings is 1. The molecular formula is C13H24F2N2O. The van der Waals surface area contributed by atoms with Gasteiger partial charge in [0.15, 0.2) is 0 Å². The maximum atomic E-state index is 12.3. The van der Waals surface area contributed by atoms with Gasteiger partial charge in [-0.3, -0.25) is 4.90 Å². The molecule has 0 aromatic rings. The van der Waals surface area contributed by atoms with Crippen molar-refractivity contribution in [2.24, 2.45) is 5.92 Å². The summed E-state index contributed by atoms with van der Waals surface area (Å²) < 4.78 is 24.5. The van der Waals surface area contributed by atoms with E-state index in [0.717, 1.165) is 25.9 Å². The molecule has 3 atom stereocenters. The molecule has 0 spiro atoms. The molecule has 2 rings (SSSR count). The molecule has 2 N–H and O–H groups in total. The number of halogens is 2. The lowest BCUT2D eigenvalue weighted by molar-refractivity contribution is 0.0290. The fourth-order valence-electron chi connectivity index (χ4n) is 2.93. The minimum absolute atomic E-state index is 0.0968. The van der Waals surface area contributed by atoms with Gasteiger partial charge in [0.05, 0.1) is 12.6 Å². The van der Waals surface area contributed by atoms with E-state index < -0.39 is 6.43 Å². The van der Waals surface area contributed by atoms with Crippen LogP contribution in [0.3, 0.4) is 0 Å². The molecule has 106 valence electrons. The fraction of sp³-hybridized carbons (Fsp3) is 1.00. The van der Waals surface area contributed by atoms with Crippen LogP contribution in [0, 0.1) is 5.92 Å². The number of aliphatic hydroxyl groups is 1. The van der Waals surface area contributed by atoms with Crippen LogP contribution < -0.4 is 5.32 Å². The van der Waals surface area contributed by atoms with Crippen molar-refractivity contribution < 1.29 is 13.9 Å². The van der Waals surface area contributed by atoms with Gasteiger partial charge in [0.25, 0.3) is 6.43 Å². The van der Waals surface area contributed by atoms with Crippen molar-refractivity contribution in [3.8, 4) is 0 Å². The number of hydrogen-bond donors (Lipinski definition) is 2. The molecule has 5 heteroatoms. The number of rotatable bonds is 6. The molecule has 2 aliphatic rings. The molecule has 1 aliphatic heterocycles. The van der Waals surface area contributed by atoms with Gasteiger partial charge in [0, 0.05) is 25.2 Å². The van der Waals surface area contributed by atoms with Gasteiger partial charge in [-0.25, -0.2) is 8.78 Å². The number of hydrogen-bond acceptors (Lipinski definition) is 3. The van der Waals surface area contributed by atoms with Gasteiger partial charge in [0.2, 0.25) is 0 Å². The number of alkyl halides is 2. The zero-order chi connectivity index (χ0) is 13.1. The van der Waals surface area contributed by atoms with Crippen molar-refractivity contribution in [1.82, 2.24) is 10.2 Å². The molecule has 3 nitrogen and oxygen atoms in total. The lowest BCUT2D eigenvalue weighted by Crippen LogP contribution is -2.53. The number of aliphatic hydroxyl groups excluding tert-OH is 1. The maximum Gasteiger partial charge on any atom is 0.250 e. The molecule has 1 aliphatic carbocycles. The van der Waals surface area contributed by atoms with Gasteiger partial charge in [-0.05, 0) is 31.6 Å². The van der Waals surface area contributed by atoms with Gasteiger partial charge in [0.1, 0.15) is 0 Å². The standard InChI is InChI=1S/C13H24F2N2O/c1-2-12(18)9-5-10(16-6-13(14)15)8-17(7-9)11-3-4-11/h9-13,16,18H,2-8H2,1H3. The summed E-state index contributed by atoms with van der Waals surface area (Å²) in [6, 6.07) is 0.729. The molecule has 2 fully saturated rings. The smallest absolute Gasteiger partial charge is 0.250 e. The predicted molar refractivity (Wildman–Crippen MR) is 66.8 cm³/mol. The molecule has 0 amide bonds. The van der Waals surface area contributed by atoms with E-state index in [0.29, 0.717) is 6.04 Å². The second-order valence-corrected chi connectivity index (χ2v) is 5.65. The van der Waals surface area contributed by atoms with Crippen LogP contribution in [0.4, 0.5) is 8.78 Å². The first-order valence-corrected chi connectivity index (χ1v) is 7.03. The number of nitrogens with zero attached hydrogens (tertiary/aromatic N) is 1. The highest BCUT2D eigenvalue weighted by Gasteiger charge is 2.37. The second kappa shape index (κ2) is 6.26. The first-order chi connectivity index (χ1) is 8.60. The average molecular weight is 262 g/mol. The Labute approximate surface area is 108 Å². The lowest BCUT2D eigenvalue weighted by atomic mass is 9.88. The molecular weight excluding hydrogens is 238 g/mol. The highest BCUT2D eigenvalue weighted by molar-refractivity contribution is 4.93. The Bertz CT molecular complexity index is 261. The van der Waals surface area contributed by atoms with Gasteiger partial charge in [-0.1, -0.05) is 6.92 Å². The summed E-state index contributed by atoms with van der Waals surface area (Å²) in [7, 11) is 0. The Kier molecular flexibility index (Phi) is 4.92. The molecule has 3 unspecified atom stereocenters. The van der Waals surface area contributed by atoms with E-state index in [4.69, 9.17) is 0 Å². The van der Waals surface area contributed by atoms with Crippen molar-refractivity contribution in [3.05, 3.63) is 0 Å². The molecule has 1 saturated carbocycles. The zero-order valence-corrected chi connectivity index (χ0v) is 11.0. The Morgan fingerprint density at radius 3 is 2.61 bits per heavy atom. The van der Waals surface area contributed by atoms with Crippen LogP contribution in [0.2, 0.25) is 0 Å². The van der Waals surface area contributed by atoms with E-state index >= 15 is 0 Å². The topological polar surface area (TPSA) is 35.5 Å². The van der Waals surface area contributed by atoms with E-state index in [-0.39, 0.29) is 24.6 Å². The average Bonchev–Trinajstić information content (AvgIpc) is 3.19. The quantitative estimate of drug-likeness (QED) is 0.761. The van der Waals surface area contributed by atoms with E-state index in [1.54, 1.807) is 0 Å². The predicted octanol–water partition coefficient (Wildman–Crippen LogP) is 1.46. The summed E-state index contributed by atoms with van der Waals surface area (Å²) in [6.45, 7) is 3.51. The maximum absolute atomic E-state index is 12.3. The third kappa shape index (κ3) is 3.87. The van der Waals surface area contributed by atoms with Crippen molar-refractivity contribution in [1.29, 1.82) is 0 Å². The number of likely N-dealkylation sites (tertiary alicyclic amines) is 1. The van der Waals surface area contributed by atoms with E-state index in [1.807, 2.05) is 6.92 Å². The van der Waals surface area contributed by atoms with Crippen molar-refractivity contribution >= 4 is 0 Å². The second-order valence-electron chi connectivity index (χ2n) is 5.65. The Morgan fingerprint density at radius 1 is 1.33 bits per heavy atom. The number of nitrogens with one attached hydrogen (secondary N) is 1. The molecule has 1 saturated heterocycles. The highest BCUT2D eigenvalue weighted by Crippen LogP contribution is 2.32. The van der Waals surface area contributed by atoms with Gasteiger partial charge in [-0.2, -0.15) is 0 Å². The zero-order valence-electron chi connectivity index (χ0n) is 11.0. The minimum Gasteiger partial charge on any atom is -0.393 e. The van der Waals surface area contributed by atoms with Crippen LogP contribution in [0.15, 0.2) is 0 Å². The van der Waals surface area contributed by atoms with Crippen LogP contribution in [0.1, 0.15) is 32.6 Å². The van der Waals surface area contributed by atoms with Crippen molar-refractivity contribution in [2.75, 3.05) is 19.6 Å². The molecule has 18 heavy (non-hydrogen) atoms. The molecule has 1 heterocycles. The Hall–Kier alpha value is -0.260. The Morgan fingerprint density at radius 2 is 2.06 bits per heavy atom. The SMILES string of the molecule is CCC(O)C1CC(NCC(F)F)CN(C2CC2)C1. The van der Waals surface area contributed by atoms with Gasteiger partial charge >= 0.3 is 0 Å². The molecule has 0 aromatic heterocycles. The van der Waals surface area contributed by atoms with Crippen LogP contribution in [0.5, 0.6) is 0 Å². The summed E-state index contributed by atoms with van der Waals surface area (Å²) in [6.07, 6.45) is 1.39. The van der Waals surface area contributed by atoms with Gasteiger partial charge in [-0.15, -0.1) is 0 Å². The summed E-state index contributed by atoms with van der Waals surface area (Å²) >= 11 is 0. The normalized spacial score (nSPS) is 31.8. The molecule has 0 bridgehead atoms. The third-order valence-corrected chi connectivity index (χ3v) is 4.10. The summed E-state index contributed by atoms with van der Waals surface area (Å²) in [4.78, 5) is 2.37. The Balaban J connectivity index is 1.88. The summed E-state index contributed by atoms with van der Waals surface area (Å²) in [5.41, 5.74) is 0. The highest BCUT2D eigenvalue weighted by atomic mass is 19.3. The van der Waals surface area contributed by atoms with Crippen molar-refractivity contribution in [2.45, 2.75) is 57.2 Å². The monoisotopic (exact) mass is 262 g/mol. The first-order valence-electron chi connectivity index (χ1n) is 7.03. The van der Waals surface area contributed by atoms with Crippen LogP contribution >= 0.6 is 0 Å². The summed E-state index contributed by atoms with van der Waals surface area (Å²) in [5.74, 6) is 0.222. The van der Waals surface area contributed by atoms with Crippen LogP contribution in [-0.4, -0.2) is 54.3 Å². The van der Waals surface area contributed by atoms with Gasteiger partial charge < -0.3 is 10.4 Å². The fourth-order valence-corrected chi connectivity index (χ4v) is 2.93. The molecule has 0 radical (unpaired) electrons. The first kappa shape index (κ1) is 14.2. The minimum atomic E-state index is -2.30. The van der Waals surface area contributed by atoms with E-state index in [1.165, 1.54) is 12.8 Å². The van der Waals surface area contributed by atoms with E-state index in [2.05, 4.69) is 10.2 Å². The van der Waals surface area contributed by atoms with Crippen LogP contribution in [-0.2, 0) is 0 Å². The molecule has 0 aromatic carbocycles. The van der Waals surface area contributed by atoms with Crippen molar-refractivity contribution in [3.63, 3.8) is 0 Å². The van der Waals surface area contributed by atoms with E-state index in [9.17, 15) is 13.9 Å². The largest absolute Gasteiger partial charge is 0.393 e. The lowest BCUT2D eigenvalue weighted by Gasteiger charge is -2.40.